The maximum absolute atomic E-state index is 13.1. The molecule has 152 valence electrons. The Labute approximate surface area is 178 Å². The van der Waals surface area contributed by atoms with Gasteiger partial charge in [0, 0.05) is 49.7 Å². The van der Waals surface area contributed by atoms with Crippen molar-refractivity contribution in [2.24, 2.45) is 0 Å². The number of amides is 1. The summed E-state index contributed by atoms with van der Waals surface area (Å²) < 4.78 is 5.62. The van der Waals surface area contributed by atoms with Crippen LogP contribution in [-0.4, -0.2) is 47.9 Å². The van der Waals surface area contributed by atoms with Gasteiger partial charge in [0.15, 0.2) is 5.13 Å². The zero-order valence-electron chi connectivity index (χ0n) is 16.4. The number of esters is 1. The number of hydrogen-bond acceptors (Lipinski definition) is 6. The van der Waals surface area contributed by atoms with Crippen LogP contribution in [0.15, 0.2) is 60.1 Å². The number of fused-ring (bicyclic) bond motifs is 1. The molecule has 0 spiro atoms. The van der Waals surface area contributed by atoms with Gasteiger partial charge >= 0.3 is 5.97 Å². The van der Waals surface area contributed by atoms with Gasteiger partial charge < -0.3 is 14.5 Å². The Hall–Kier alpha value is -3.19. The number of ether oxygens (including phenoxy) is 1. The van der Waals surface area contributed by atoms with E-state index < -0.39 is 0 Å². The van der Waals surface area contributed by atoms with E-state index in [9.17, 15) is 9.59 Å². The quantitative estimate of drug-likeness (QED) is 0.608. The average Bonchev–Trinajstić information content (AvgIpc) is 3.34. The van der Waals surface area contributed by atoms with Crippen LogP contribution in [0.2, 0.25) is 0 Å². The number of hydrogen-bond donors (Lipinski definition) is 0. The maximum atomic E-state index is 13.1. The molecule has 3 heterocycles. The second kappa shape index (κ2) is 7.91. The standard InChI is InChI=1S/C23H21N3O3S/c27-21(25-9-11-26(12-10-25)23-24-8-13-30-23)17-6-7-19-18(14-17)15-20(29-22(19)28)16-4-2-1-3-5-16/h1-8,13-14,20H,9-12,15H2/t20-/m0/s1. The maximum Gasteiger partial charge on any atom is 0.339 e. The zero-order chi connectivity index (χ0) is 20.5. The van der Waals surface area contributed by atoms with Gasteiger partial charge in [-0.2, -0.15) is 0 Å². The molecule has 0 bridgehead atoms. The predicted molar refractivity (Wildman–Crippen MR) is 115 cm³/mol. The summed E-state index contributed by atoms with van der Waals surface area (Å²) in [5, 5.41) is 2.97. The van der Waals surface area contributed by atoms with Crippen LogP contribution in [0.3, 0.4) is 0 Å². The predicted octanol–water partition coefficient (Wildman–Crippen LogP) is 3.56. The number of piperazine rings is 1. The van der Waals surface area contributed by atoms with Gasteiger partial charge in [-0.25, -0.2) is 9.78 Å². The number of rotatable bonds is 3. The van der Waals surface area contributed by atoms with Gasteiger partial charge in [0.05, 0.1) is 5.56 Å². The summed E-state index contributed by atoms with van der Waals surface area (Å²) in [6.45, 7) is 2.85. The fraction of sp³-hybridized carbons (Fsp3) is 0.261. The monoisotopic (exact) mass is 419 g/mol. The number of nitrogens with zero attached hydrogens (tertiary/aromatic N) is 3. The van der Waals surface area contributed by atoms with E-state index in [0.29, 0.717) is 30.6 Å². The Kier molecular flexibility index (Phi) is 4.96. The Morgan fingerprint density at radius 2 is 1.87 bits per heavy atom. The third-order valence-electron chi connectivity index (χ3n) is 5.65. The lowest BCUT2D eigenvalue weighted by Crippen LogP contribution is -2.48. The van der Waals surface area contributed by atoms with Crippen molar-refractivity contribution in [3.05, 3.63) is 82.4 Å². The number of carbonyl (C=O) groups is 2. The number of thiazole rings is 1. The van der Waals surface area contributed by atoms with Crippen molar-refractivity contribution >= 4 is 28.3 Å². The van der Waals surface area contributed by atoms with E-state index in [1.807, 2.05) is 46.7 Å². The summed E-state index contributed by atoms with van der Waals surface area (Å²) in [5.74, 6) is -0.326. The molecule has 0 N–H and O–H groups in total. The first kappa shape index (κ1) is 18.8. The Balaban J connectivity index is 1.32. The van der Waals surface area contributed by atoms with Gasteiger partial charge in [-0.05, 0) is 29.3 Å². The molecule has 0 unspecified atom stereocenters. The molecule has 2 aliphatic rings. The number of aromatic nitrogens is 1. The lowest BCUT2D eigenvalue weighted by atomic mass is 9.93. The fourth-order valence-electron chi connectivity index (χ4n) is 4.04. The van der Waals surface area contributed by atoms with Crippen molar-refractivity contribution in [1.29, 1.82) is 0 Å². The summed E-state index contributed by atoms with van der Waals surface area (Å²) in [5.41, 5.74) is 3.00. The molecule has 0 radical (unpaired) electrons. The van der Waals surface area contributed by atoms with Crippen molar-refractivity contribution in [3.63, 3.8) is 0 Å². The van der Waals surface area contributed by atoms with Crippen LogP contribution in [0.4, 0.5) is 5.13 Å². The lowest BCUT2D eigenvalue weighted by molar-refractivity contribution is 0.0252. The summed E-state index contributed by atoms with van der Waals surface area (Å²) in [6, 6.07) is 15.0. The van der Waals surface area contributed by atoms with Gasteiger partial charge in [-0.15, -0.1) is 11.3 Å². The third-order valence-corrected chi connectivity index (χ3v) is 6.49. The Bertz CT molecular complexity index is 1060. The normalized spacial score (nSPS) is 18.7. The molecule has 30 heavy (non-hydrogen) atoms. The molecule has 1 aromatic heterocycles. The summed E-state index contributed by atoms with van der Waals surface area (Å²) >= 11 is 1.62. The molecule has 1 saturated heterocycles. The summed E-state index contributed by atoms with van der Waals surface area (Å²) in [7, 11) is 0. The zero-order valence-corrected chi connectivity index (χ0v) is 17.2. The molecular weight excluding hydrogens is 398 g/mol. The minimum atomic E-state index is -0.332. The number of benzene rings is 2. The Morgan fingerprint density at radius 1 is 1.07 bits per heavy atom. The van der Waals surface area contributed by atoms with Crippen molar-refractivity contribution in [2.45, 2.75) is 12.5 Å². The third kappa shape index (κ3) is 3.57. The molecule has 5 rings (SSSR count). The molecule has 3 aromatic rings. The molecule has 0 saturated carbocycles. The van der Waals surface area contributed by atoms with Gasteiger partial charge in [-0.1, -0.05) is 30.3 Å². The highest BCUT2D eigenvalue weighted by atomic mass is 32.1. The minimum Gasteiger partial charge on any atom is -0.454 e. The van der Waals surface area contributed by atoms with Crippen LogP contribution < -0.4 is 4.90 Å². The van der Waals surface area contributed by atoms with E-state index in [0.717, 1.165) is 29.3 Å². The SMILES string of the molecule is O=C1O[C@H](c2ccccc2)Cc2cc(C(=O)N3CCN(c4nccs4)CC3)ccc21. The average molecular weight is 420 g/mol. The first-order valence-corrected chi connectivity index (χ1v) is 10.9. The molecule has 1 atom stereocenters. The van der Waals surface area contributed by atoms with E-state index in [4.69, 9.17) is 4.74 Å². The molecule has 1 amide bonds. The largest absolute Gasteiger partial charge is 0.454 e. The van der Waals surface area contributed by atoms with Crippen LogP contribution in [0, 0.1) is 0 Å². The molecule has 0 aliphatic carbocycles. The second-order valence-electron chi connectivity index (χ2n) is 7.47. The minimum absolute atomic E-state index is 0.00629. The smallest absolute Gasteiger partial charge is 0.339 e. The van der Waals surface area contributed by atoms with E-state index >= 15 is 0 Å². The number of cyclic esters (lactones) is 1. The van der Waals surface area contributed by atoms with E-state index in [2.05, 4.69) is 9.88 Å². The first-order chi connectivity index (χ1) is 14.7. The van der Waals surface area contributed by atoms with Crippen molar-refractivity contribution in [1.82, 2.24) is 9.88 Å². The topological polar surface area (TPSA) is 62.7 Å². The van der Waals surface area contributed by atoms with E-state index in [1.165, 1.54) is 0 Å². The van der Waals surface area contributed by atoms with Crippen LogP contribution in [0.1, 0.15) is 37.9 Å². The van der Waals surface area contributed by atoms with E-state index in [-0.39, 0.29) is 18.0 Å². The number of carbonyl (C=O) groups excluding carboxylic acids is 2. The van der Waals surface area contributed by atoms with Gasteiger partial charge in [0.1, 0.15) is 6.10 Å². The second-order valence-corrected chi connectivity index (χ2v) is 8.35. The molecule has 6 nitrogen and oxygen atoms in total. The highest BCUT2D eigenvalue weighted by Crippen LogP contribution is 2.31. The van der Waals surface area contributed by atoms with Crippen molar-refractivity contribution in [2.75, 3.05) is 31.1 Å². The highest BCUT2D eigenvalue weighted by Gasteiger charge is 2.29. The van der Waals surface area contributed by atoms with Gasteiger partial charge in [-0.3, -0.25) is 4.79 Å². The van der Waals surface area contributed by atoms with Gasteiger partial charge in [0.25, 0.3) is 5.91 Å². The first-order valence-electron chi connectivity index (χ1n) is 10.0. The van der Waals surface area contributed by atoms with E-state index in [1.54, 1.807) is 29.7 Å². The van der Waals surface area contributed by atoms with Gasteiger partial charge in [0.2, 0.25) is 0 Å². The molecule has 2 aromatic carbocycles. The van der Waals surface area contributed by atoms with Crippen molar-refractivity contribution in [3.8, 4) is 0 Å². The fourth-order valence-corrected chi connectivity index (χ4v) is 4.73. The molecule has 7 heteroatoms. The lowest BCUT2D eigenvalue weighted by Gasteiger charge is -2.34. The summed E-state index contributed by atoms with van der Waals surface area (Å²) in [6.07, 6.45) is 2.06. The Morgan fingerprint density at radius 3 is 2.60 bits per heavy atom. The van der Waals surface area contributed by atoms with Crippen LogP contribution in [0.25, 0.3) is 0 Å². The molecule has 1 fully saturated rings. The van der Waals surface area contributed by atoms with Crippen LogP contribution in [-0.2, 0) is 11.2 Å². The number of anilines is 1. The molecule has 2 aliphatic heterocycles. The van der Waals surface area contributed by atoms with Crippen LogP contribution in [0.5, 0.6) is 0 Å². The summed E-state index contributed by atoms with van der Waals surface area (Å²) in [4.78, 5) is 34.0. The van der Waals surface area contributed by atoms with Crippen LogP contribution >= 0.6 is 11.3 Å². The highest BCUT2D eigenvalue weighted by molar-refractivity contribution is 7.13. The van der Waals surface area contributed by atoms with Crippen molar-refractivity contribution < 1.29 is 14.3 Å². The molecular formula is C23H21N3O3S.